The van der Waals surface area contributed by atoms with Gasteiger partial charge in [0.25, 0.3) is 0 Å². The van der Waals surface area contributed by atoms with Gasteiger partial charge < -0.3 is 10.3 Å². The van der Waals surface area contributed by atoms with Crippen molar-refractivity contribution in [2.45, 2.75) is 13.0 Å². The third-order valence-electron chi connectivity index (χ3n) is 4.65. The van der Waals surface area contributed by atoms with Crippen LogP contribution in [0.3, 0.4) is 0 Å². The first kappa shape index (κ1) is 16.2. The van der Waals surface area contributed by atoms with E-state index in [4.69, 9.17) is 0 Å². The van der Waals surface area contributed by atoms with Crippen LogP contribution >= 0.6 is 0 Å². The van der Waals surface area contributed by atoms with E-state index in [0.29, 0.717) is 0 Å². The molecule has 26 heavy (non-hydrogen) atoms. The summed E-state index contributed by atoms with van der Waals surface area (Å²) in [5, 5.41) is 4.83. The summed E-state index contributed by atoms with van der Waals surface area (Å²) in [6.07, 6.45) is 5.69. The maximum Gasteiger partial charge on any atom is 0.0769 e. The third-order valence-corrected chi connectivity index (χ3v) is 4.65. The Hall–Kier alpha value is -3.33. The quantitative estimate of drug-likeness (QED) is 0.487. The number of aromatic amines is 1. The summed E-state index contributed by atoms with van der Waals surface area (Å²) in [4.78, 5) is 7.50. The molecule has 4 aromatic rings. The van der Waals surface area contributed by atoms with Crippen LogP contribution in [0, 0.1) is 6.92 Å². The van der Waals surface area contributed by atoms with Crippen molar-refractivity contribution >= 4 is 22.2 Å². The maximum absolute atomic E-state index is 4.44. The topological polar surface area (TPSA) is 40.7 Å². The van der Waals surface area contributed by atoms with Crippen LogP contribution in [0.5, 0.6) is 0 Å². The van der Waals surface area contributed by atoms with Crippen LogP contribution in [0.4, 0.5) is 5.69 Å². The van der Waals surface area contributed by atoms with Crippen molar-refractivity contribution in [2.75, 3.05) is 5.32 Å². The number of aryl methyl sites for hydroxylation is 1. The van der Waals surface area contributed by atoms with Gasteiger partial charge in [-0.05, 0) is 54.0 Å². The molecule has 0 aliphatic carbocycles. The number of anilines is 1. The van der Waals surface area contributed by atoms with Crippen molar-refractivity contribution in [2.24, 2.45) is 0 Å². The molecule has 0 fully saturated rings. The van der Waals surface area contributed by atoms with Crippen molar-refractivity contribution < 1.29 is 0 Å². The molecule has 3 heteroatoms. The van der Waals surface area contributed by atoms with Gasteiger partial charge in [-0.25, -0.2) is 0 Å². The standard InChI is InChI=1S/C23H21N3/c1-16-6-5-7-19(14-16)26-23(18-10-12-24-13-11-18)17(2)21-15-25-22-9-4-3-8-20(21)22/h3-15,23,25-26H,2H2,1H3. The lowest BCUT2D eigenvalue weighted by atomic mass is 9.94. The SMILES string of the molecule is C=C(c1c[nH]c2ccccc12)C(Nc1cccc(C)c1)c1ccncc1. The number of nitrogens with zero attached hydrogens (tertiary/aromatic N) is 1. The highest BCUT2D eigenvalue weighted by molar-refractivity contribution is 5.93. The molecule has 0 aliphatic heterocycles. The number of hydrogen-bond acceptors (Lipinski definition) is 2. The number of rotatable bonds is 5. The first-order valence-corrected chi connectivity index (χ1v) is 8.71. The van der Waals surface area contributed by atoms with E-state index in [0.717, 1.165) is 27.9 Å². The Balaban J connectivity index is 1.76. The molecular formula is C23H21N3. The molecule has 0 amide bonds. The fourth-order valence-electron chi connectivity index (χ4n) is 3.32. The zero-order valence-electron chi connectivity index (χ0n) is 14.7. The molecule has 128 valence electrons. The first-order valence-electron chi connectivity index (χ1n) is 8.71. The minimum Gasteiger partial charge on any atom is -0.374 e. The van der Waals surface area contributed by atoms with E-state index in [1.807, 2.05) is 36.8 Å². The normalized spacial score (nSPS) is 12.0. The molecule has 2 N–H and O–H groups in total. The smallest absolute Gasteiger partial charge is 0.0769 e. The minimum atomic E-state index is -0.0426. The number of H-pyrrole nitrogens is 1. The Bertz CT molecular complexity index is 1050. The lowest BCUT2D eigenvalue weighted by Crippen LogP contribution is -2.12. The van der Waals surface area contributed by atoms with Gasteiger partial charge in [-0.2, -0.15) is 0 Å². The molecule has 0 saturated carbocycles. The van der Waals surface area contributed by atoms with Crippen molar-refractivity contribution in [1.29, 1.82) is 0 Å². The second kappa shape index (κ2) is 6.89. The molecule has 0 bridgehead atoms. The van der Waals surface area contributed by atoms with Gasteiger partial charge in [0.1, 0.15) is 0 Å². The monoisotopic (exact) mass is 339 g/mol. The molecule has 0 radical (unpaired) electrons. The van der Waals surface area contributed by atoms with Gasteiger partial charge in [0.2, 0.25) is 0 Å². The predicted molar refractivity (Wildman–Crippen MR) is 109 cm³/mol. The summed E-state index contributed by atoms with van der Waals surface area (Å²) in [5.41, 5.74) is 6.70. The molecule has 0 spiro atoms. The molecule has 1 atom stereocenters. The number of fused-ring (bicyclic) bond motifs is 1. The van der Waals surface area contributed by atoms with Crippen LogP contribution in [0.1, 0.15) is 22.7 Å². The Kier molecular flexibility index (Phi) is 4.28. The average Bonchev–Trinajstić information content (AvgIpc) is 3.10. The van der Waals surface area contributed by atoms with Gasteiger partial charge in [0.05, 0.1) is 6.04 Å². The third kappa shape index (κ3) is 3.11. The van der Waals surface area contributed by atoms with Crippen molar-refractivity contribution in [3.05, 3.63) is 103 Å². The van der Waals surface area contributed by atoms with Crippen molar-refractivity contribution in [1.82, 2.24) is 9.97 Å². The maximum atomic E-state index is 4.44. The zero-order valence-corrected chi connectivity index (χ0v) is 14.7. The summed E-state index contributed by atoms with van der Waals surface area (Å²) >= 11 is 0. The fourth-order valence-corrected chi connectivity index (χ4v) is 3.32. The predicted octanol–water partition coefficient (Wildman–Crippen LogP) is 5.74. The van der Waals surface area contributed by atoms with Gasteiger partial charge in [0.15, 0.2) is 0 Å². The largest absolute Gasteiger partial charge is 0.374 e. The van der Waals surface area contributed by atoms with E-state index >= 15 is 0 Å². The second-order valence-electron chi connectivity index (χ2n) is 6.50. The molecule has 0 saturated heterocycles. The molecule has 2 aromatic carbocycles. The van der Waals surface area contributed by atoms with Gasteiger partial charge in [0, 0.05) is 40.7 Å². The molecule has 0 aliphatic rings. The Morgan fingerprint density at radius 3 is 2.65 bits per heavy atom. The van der Waals surface area contributed by atoms with E-state index < -0.39 is 0 Å². The molecule has 4 rings (SSSR count). The molecule has 1 unspecified atom stereocenters. The Morgan fingerprint density at radius 2 is 1.85 bits per heavy atom. The Morgan fingerprint density at radius 1 is 1.04 bits per heavy atom. The lowest BCUT2D eigenvalue weighted by molar-refractivity contribution is 1.000. The van der Waals surface area contributed by atoms with Crippen molar-refractivity contribution in [3.63, 3.8) is 0 Å². The van der Waals surface area contributed by atoms with Crippen LogP contribution in [-0.2, 0) is 0 Å². The van der Waals surface area contributed by atoms with Gasteiger partial charge in [-0.1, -0.05) is 36.9 Å². The zero-order chi connectivity index (χ0) is 17.9. The molecule has 2 aromatic heterocycles. The summed E-state index contributed by atoms with van der Waals surface area (Å²) in [6, 6.07) is 20.7. The van der Waals surface area contributed by atoms with Crippen LogP contribution in [0.2, 0.25) is 0 Å². The number of nitrogens with one attached hydrogen (secondary N) is 2. The van der Waals surface area contributed by atoms with E-state index in [-0.39, 0.29) is 6.04 Å². The highest BCUT2D eigenvalue weighted by Gasteiger charge is 2.19. The first-order chi connectivity index (χ1) is 12.7. The van der Waals surface area contributed by atoms with Crippen LogP contribution in [0.25, 0.3) is 16.5 Å². The van der Waals surface area contributed by atoms with Crippen molar-refractivity contribution in [3.8, 4) is 0 Å². The van der Waals surface area contributed by atoms with E-state index in [9.17, 15) is 0 Å². The number of aromatic nitrogens is 2. The molecule has 3 nitrogen and oxygen atoms in total. The van der Waals surface area contributed by atoms with Gasteiger partial charge in [-0.3, -0.25) is 4.98 Å². The fraction of sp³-hybridized carbons (Fsp3) is 0.0870. The number of para-hydroxylation sites is 1. The van der Waals surface area contributed by atoms with E-state index in [1.165, 1.54) is 10.9 Å². The highest BCUT2D eigenvalue weighted by atomic mass is 14.9. The number of hydrogen-bond donors (Lipinski definition) is 2. The van der Waals surface area contributed by atoms with Crippen LogP contribution in [0.15, 0.2) is 85.8 Å². The van der Waals surface area contributed by atoms with Gasteiger partial charge >= 0.3 is 0 Å². The second-order valence-corrected chi connectivity index (χ2v) is 6.50. The average molecular weight is 339 g/mol. The molecular weight excluding hydrogens is 318 g/mol. The summed E-state index contributed by atoms with van der Waals surface area (Å²) in [6.45, 7) is 6.54. The highest BCUT2D eigenvalue weighted by Crippen LogP contribution is 2.35. The van der Waals surface area contributed by atoms with Gasteiger partial charge in [-0.15, -0.1) is 0 Å². The summed E-state index contributed by atoms with van der Waals surface area (Å²) < 4.78 is 0. The summed E-state index contributed by atoms with van der Waals surface area (Å²) in [5.74, 6) is 0. The van der Waals surface area contributed by atoms with E-state index in [1.54, 1.807) is 0 Å². The summed E-state index contributed by atoms with van der Waals surface area (Å²) in [7, 11) is 0. The van der Waals surface area contributed by atoms with Crippen LogP contribution < -0.4 is 5.32 Å². The Labute approximate surface area is 153 Å². The number of benzene rings is 2. The number of pyridine rings is 1. The van der Waals surface area contributed by atoms with E-state index in [2.05, 4.69) is 71.3 Å². The molecule has 2 heterocycles. The van der Waals surface area contributed by atoms with Crippen LogP contribution in [-0.4, -0.2) is 9.97 Å². The minimum absolute atomic E-state index is 0.0426. The lowest BCUT2D eigenvalue weighted by Gasteiger charge is -2.23.